The molecule has 1 aromatic rings. The van der Waals surface area contributed by atoms with Gasteiger partial charge in [-0.2, -0.15) is 0 Å². The second-order valence-corrected chi connectivity index (χ2v) is 4.98. The molecule has 0 spiro atoms. The second kappa shape index (κ2) is 10.4. The van der Waals surface area contributed by atoms with E-state index in [1.807, 2.05) is 0 Å². The van der Waals surface area contributed by atoms with Gasteiger partial charge in [-0.3, -0.25) is 9.59 Å². The van der Waals surface area contributed by atoms with Crippen LogP contribution in [0, 0.1) is 0 Å². The van der Waals surface area contributed by atoms with Gasteiger partial charge in [0.25, 0.3) is 0 Å². The molecule has 0 heterocycles. The Kier molecular flexibility index (Phi) is 8.42. The SMILES string of the molecule is CC(=O)OCCCCCCOC(=O)c1ccccc1OC(C)=O. The molecule has 0 aliphatic heterocycles. The van der Waals surface area contributed by atoms with Gasteiger partial charge in [0.05, 0.1) is 13.2 Å². The molecule has 0 aromatic heterocycles. The van der Waals surface area contributed by atoms with Gasteiger partial charge in [-0.1, -0.05) is 12.1 Å². The van der Waals surface area contributed by atoms with E-state index in [1.54, 1.807) is 24.3 Å². The van der Waals surface area contributed by atoms with E-state index in [9.17, 15) is 14.4 Å². The molecule has 1 aromatic carbocycles. The van der Waals surface area contributed by atoms with E-state index in [-0.39, 0.29) is 17.3 Å². The summed E-state index contributed by atoms with van der Waals surface area (Å²) in [5.41, 5.74) is 0.234. The summed E-state index contributed by atoms with van der Waals surface area (Å²) in [5, 5.41) is 0. The van der Waals surface area contributed by atoms with Crippen LogP contribution in [0.25, 0.3) is 0 Å². The molecule has 0 N–H and O–H groups in total. The first-order valence-corrected chi connectivity index (χ1v) is 7.58. The van der Waals surface area contributed by atoms with Crippen LogP contribution in [0.3, 0.4) is 0 Å². The molecule has 0 bridgehead atoms. The fourth-order valence-electron chi connectivity index (χ4n) is 1.90. The molecule has 0 radical (unpaired) electrons. The number of ether oxygens (including phenoxy) is 3. The summed E-state index contributed by atoms with van der Waals surface area (Å²) >= 11 is 0. The Balaban J connectivity index is 2.27. The molecule has 0 unspecified atom stereocenters. The van der Waals surface area contributed by atoms with Gasteiger partial charge >= 0.3 is 17.9 Å². The molecule has 126 valence electrons. The van der Waals surface area contributed by atoms with E-state index in [4.69, 9.17) is 14.2 Å². The van der Waals surface area contributed by atoms with Gasteiger partial charge in [0, 0.05) is 13.8 Å². The maximum atomic E-state index is 12.0. The third-order valence-corrected chi connectivity index (χ3v) is 2.94. The molecule has 0 atom stereocenters. The number of hydrogen-bond donors (Lipinski definition) is 0. The minimum absolute atomic E-state index is 0.200. The topological polar surface area (TPSA) is 78.9 Å². The zero-order valence-electron chi connectivity index (χ0n) is 13.5. The Hall–Kier alpha value is -2.37. The van der Waals surface area contributed by atoms with Gasteiger partial charge in [-0.05, 0) is 37.8 Å². The van der Waals surface area contributed by atoms with Gasteiger partial charge in [0.15, 0.2) is 0 Å². The van der Waals surface area contributed by atoms with Crippen molar-refractivity contribution >= 4 is 17.9 Å². The predicted molar refractivity (Wildman–Crippen MR) is 83.1 cm³/mol. The van der Waals surface area contributed by atoms with Gasteiger partial charge in [-0.15, -0.1) is 0 Å². The van der Waals surface area contributed by atoms with Gasteiger partial charge in [-0.25, -0.2) is 4.79 Å². The van der Waals surface area contributed by atoms with E-state index in [0.717, 1.165) is 25.7 Å². The largest absolute Gasteiger partial charge is 0.466 e. The number of rotatable bonds is 9. The Morgan fingerprint density at radius 2 is 1.43 bits per heavy atom. The third-order valence-electron chi connectivity index (χ3n) is 2.94. The van der Waals surface area contributed by atoms with Crippen molar-refractivity contribution in [1.82, 2.24) is 0 Å². The summed E-state index contributed by atoms with van der Waals surface area (Å²) in [6, 6.07) is 6.46. The summed E-state index contributed by atoms with van der Waals surface area (Å²) in [4.78, 5) is 33.6. The summed E-state index contributed by atoms with van der Waals surface area (Å²) < 4.78 is 15.0. The van der Waals surface area contributed by atoms with E-state index in [0.29, 0.717) is 13.2 Å². The number of para-hydroxylation sites is 1. The zero-order valence-corrected chi connectivity index (χ0v) is 13.5. The smallest absolute Gasteiger partial charge is 0.341 e. The number of carbonyl (C=O) groups is 3. The minimum atomic E-state index is -0.512. The van der Waals surface area contributed by atoms with E-state index in [2.05, 4.69) is 0 Å². The molecular formula is C17H22O6. The van der Waals surface area contributed by atoms with Crippen molar-refractivity contribution in [3.8, 4) is 5.75 Å². The van der Waals surface area contributed by atoms with Crippen molar-refractivity contribution in [1.29, 1.82) is 0 Å². The number of hydrogen-bond acceptors (Lipinski definition) is 6. The summed E-state index contributed by atoms with van der Waals surface area (Å²) in [6.07, 6.45) is 3.29. The standard InChI is InChI=1S/C17H22O6/c1-13(18)21-11-7-3-4-8-12-22-17(20)15-9-5-6-10-16(15)23-14(2)19/h5-6,9-10H,3-4,7-8,11-12H2,1-2H3. The van der Waals surface area contributed by atoms with Crippen LogP contribution < -0.4 is 4.74 Å². The van der Waals surface area contributed by atoms with Crippen molar-refractivity contribution < 1.29 is 28.6 Å². The summed E-state index contributed by atoms with van der Waals surface area (Å²) in [7, 11) is 0. The van der Waals surface area contributed by atoms with Crippen molar-refractivity contribution in [3.05, 3.63) is 29.8 Å². The van der Waals surface area contributed by atoms with E-state index in [1.165, 1.54) is 13.8 Å². The van der Waals surface area contributed by atoms with Crippen LogP contribution in [0.15, 0.2) is 24.3 Å². The predicted octanol–water partition coefficient (Wildman–Crippen LogP) is 2.89. The van der Waals surface area contributed by atoms with Crippen molar-refractivity contribution in [2.45, 2.75) is 39.5 Å². The van der Waals surface area contributed by atoms with Crippen molar-refractivity contribution in [3.63, 3.8) is 0 Å². The van der Waals surface area contributed by atoms with Crippen molar-refractivity contribution in [2.75, 3.05) is 13.2 Å². The van der Waals surface area contributed by atoms with Gasteiger partial charge < -0.3 is 14.2 Å². The molecule has 0 aliphatic carbocycles. The summed E-state index contributed by atoms with van der Waals surface area (Å²) in [6.45, 7) is 3.37. The molecule has 0 saturated carbocycles. The first-order chi connectivity index (χ1) is 11.0. The average molecular weight is 322 g/mol. The first kappa shape index (κ1) is 18.7. The lowest BCUT2D eigenvalue weighted by Crippen LogP contribution is -2.11. The van der Waals surface area contributed by atoms with Crippen LogP contribution >= 0.6 is 0 Å². The Morgan fingerprint density at radius 3 is 2.04 bits per heavy atom. The van der Waals surface area contributed by atoms with E-state index < -0.39 is 11.9 Å². The molecular weight excluding hydrogens is 300 g/mol. The number of unbranched alkanes of at least 4 members (excludes halogenated alkanes) is 3. The van der Waals surface area contributed by atoms with Crippen LogP contribution in [0.4, 0.5) is 0 Å². The highest BCUT2D eigenvalue weighted by Gasteiger charge is 2.14. The lowest BCUT2D eigenvalue weighted by molar-refractivity contribution is -0.141. The lowest BCUT2D eigenvalue weighted by atomic mass is 10.2. The second-order valence-electron chi connectivity index (χ2n) is 4.98. The molecule has 0 amide bonds. The highest BCUT2D eigenvalue weighted by molar-refractivity contribution is 5.93. The Labute approximate surface area is 135 Å². The van der Waals surface area contributed by atoms with Crippen molar-refractivity contribution in [2.24, 2.45) is 0 Å². The Morgan fingerprint density at radius 1 is 0.826 bits per heavy atom. The maximum Gasteiger partial charge on any atom is 0.341 e. The highest BCUT2D eigenvalue weighted by atomic mass is 16.5. The first-order valence-electron chi connectivity index (χ1n) is 7.58. The minimum Gasteiger partial charge on any atom is -0.466 e. The average Bonchev–Trinajstić information content (AvgIpc) is 2.49. The number of carbonyl (C=O) groups excluding carboxylic acids is 3. The van der Waals surface area contributed by atoms with Crippen LogP contribution in [0.2, 0.25) is 0 Å². The van der Waals surface area contributed by atoms with Gasteiger partial charge in [0.1, 0.15) is 11.3 Å². The van der Waals surface area contributed by atoms with Crippen LogP contribution in [0.5, 0.6) is 5.75 Å². The molecule has 0 aliphatic rings. The molecule has 6 heteroatoms. The summed E-state index contributed by atoms with van der Waals surface area (Å²) in [5.74, 6) is -1.07. The molecule has 6 nitrogen and oxygen atoms in total. The monoisotopic (exact) mass is 322 g/mol. The molecule has 0 fully saturated rings. The zero-order chi connectivity index (χ0) is 17.1. The molecule has 0 saturated heterocycles. The fourth-order valence-corrected chi connectivity index (χ4v) is 1.90. The number of benzene rings is 1. The van der Waals surface area contributed by atoms with E-state index >= 15 is 0 Å². The maximum absolute atomic E-state index is 12.0. The number of esters is 3. The normalized spacial score (nSPS) is 10.0. The third kappa shape index (κ3) is 7.99. The quantitative estimate of drug-likeness (QED) is 0.395. The molecule has 23 heavy (non-hydrogen) atoms. The van der Waals surface area contributed by atoms with Crippen LogP contribution in [0.1, 0.15) is 49.9 Å². The highest BCUT2D eigenvalue weighted by Crippen LogP contribution is 2.19. The van der Waals surface area contributed by atoms with Gasteiger partial charge in [0.2, 0.25) is 0 Å². The molecule has 1 rings (SSSR count). The van der Waals surface area contributed by atoms with Crippen LogP contribution in [-0.2, 0) is 19.1 Å². The lowest BCUT2D eigenvalue weighted by Gasteiger charge is -2.09. The fraction of sp³-hybridized carbons (Fsp3) is 0.471. The Bertz CT molecular complexity index is 538. The van der Waals surface area contributed by atoms with Crippen LogP contribution in [-0.4, -0.2) is 31.1 Å².